The molecule has 0 heterocycles. The van der Waals surface area contributed by atoms with Crippen LogP contribution in [0.2, 0.25) is 0 Å². The van der Waals surface area contributed by atoms with Crippen molar-refractivity contribution >= 4 is 11.6 Å². The first-order chi connectivity index (χ1) is 9.69. The molecule has 4 nitrogen and oxygen atoms in total. The molecular weight excluding hydrogens is 250 g/mol. The number of hydrogen-bond acceptors (Lipinski definition) is 2. The van der Waals surface area contributed by atoms with Crippen LogP contribution in [0.25, 0.3) is 0 Å². The highest BCUT2D eigenvalue weighted by Crippen LogP contribution is 2.20. The average Bonchev–Trinajstić information content (AvgIpc) is 2.47. The van der Waals surface area contributed by atoms with E-state index in [1.54, 1.807) is 7.11 Å². The summed E-state index contributed by atoms with van der Waals surface area (Å²) in [4.78, 5) is 4.33. The van der Waals surface area contributed by atoms with Crippen LogP contribution in [-0.4, -0.2) is 13.1 Å². The molecule has 0 aromatic heterocycles. The van der Waals surface area contributed by atoms with Gasteiger partial charge in [0.1, 0.15) is 5.75 Å². The number of aryl methyl sites for hydroxylation is 1. The van der Waals surface area contributed by atoms with Crippen molar-refractivity contribution in [2.45, 2.75) is 13.5 Å². The van der Waals surface area contributed by atoms with E-state index in [1.807, 2.05) is 55.5 Å². The molecule has 0 unspecified atom stereocenters. The number of methoxy groups -OCH3 is 1. The molecule has 20 heavy (non-hydrogen) atoms. The average molecular weight is 269 g/mol. The molecule has 2 rings (SSSR count). The van der Waals surface area contributed by atoms with E-state index < -0.39 is 0 Å². The van der Waals surface area contributed by atoms with Crippen LogP contribution in [0.1, 0.15) is 11.1 Å². The second kappa shape index (κ2) is 6.61. The summed E-state index contributed by atoms with van der Waals surface area (Å²) in [6.45, 7) is 2.51. The Labute approximate surface area is 119 Å². The number of ether oxygens (including phenoxy) is 1. The van der Waals surface area contributed by atoms with E-state index in [2.05, 4.69) is 10.3 Å². The van der Waals surface area contributed by atoms with Crippen LogP contribution >= 0.6 is 0 Å². The molecule has 0 aliphatic carbocycles. The summed E-state index contributed by atoms with van der Waals surface area (Å²) in [6, 6.07) is 15.8. The van der Waals surface area contributed by atoms with Crippen LogP contribution in [0.15, 0.2) is 53.5 Å². The highest BCUT2D eigenvalue weighted by atomic mass is 16.5. The van der Waals surface area contributed by atoms with Gasteiger partial charge >= 0.3 is 0 Å². The fourth-order valence-corrected chi connectivity index (χ4v) is 1.86. The minimum atomic E-state index is 0.388. The molecule has 0 amide bonds. The smallest absolute Gasteiger partial charge is 0.193 e. The predicted molar refractivity (Wildman–Crippen MR) is 83.1 cm³/mol. The molecule has 0 spiro atoms. The van der Waals surface area contributed by atoms with E-state index in [-0.39, 0.29) is 0 Å². The summed E-state index contributed by atoms with van der Waals surface area (Å²) in [5, 5.41) is 3.05. The topological polar surface area (TPSA) is 59.6 Å². The molecule has 104 valence electrons. The second-order valence-electron chi connectivity index (χ2n) is 4.51. The van der Waals surface area contributed by atoms with Crippen LogP contribution in [-0.2, 0) is 6.54 Å². The third-order valence-electron chi connectivity index (χ3n) is 2.91. The molecular formula is C16H19N3O. The number of rotatable bonds is 4. The lowest BCUT2D eigenvalue weighted by Crippen LogP contribution is -2.22. The number of para-hydroxylation sites is 1. The van der Waals surface area contributed by atoms with E-state index in [4.69, 9.17) is 10.5 Å². The van der Waals surface area contributed by atoms with Gasteiger partial charge < -0.3 is 15.8 Å². The van der Waals surface area contributed by atoms with Gasteiger partial charge in [0.25, 0.3) is 0 Å². The van der Waals surface area contributed by atoms with Crippen LogP contribution in [0.3, 0.4) is 0 Å². The van der Waals surface area contributed by atoms with Crippen molar-refractivity contribution in [1.82, 2.24) is 0 Å². The van der Waals surface area contributed by atoms with E-state index in [1.165, 1.54) is 0 Å². The van der Waals surface area contributed by atoms with Gasteiger partial charge in [-0.25, -0.2) is 4.99 Å². The summed E-state index contributed by atoms with van der Waals surface area (Å²) in [5.74, 6) is 1.22. The molecule has 2 aromatic carbocycles. The predicted octanol–water partition coefficient (Wildman–Crippen LogP) is 2.93. The summed E-state index contributed by atoms with van der Waals surface area (Å²) < 4.78 is 5.35. The van der Waals surface area contributed by atoms with E-state index in [0.717, 1.165) is 22.6 Å². The van der Waals surface area contributed by atoms with Crippen molar-refractivity contribution in [3.8, 4) is 5.75 Å². The van der Waals surface area contributed by atoms with Gasteiger partial charge in [0.2, 0.25) is 0 Å². The molecule has 2 aromatic rings. The van der Waals surface area contributed by atoms with Crippen molar-refractivity contribution in [3.05, 3.63) is 59.7 Å². The van der Waals surface area contributed by atoms with Gasteiger partial charge in [0, 0.05) is 11.3 Å². The van der Waals surface area contributed by atoms with Gasteiger partial charge in [-0.1, -0.05) is 30.3 Å². The maximum absolute atomic E-state index is 5.87. The minimum absolute atomic E-state index is 0.388. The monoisotopic (exact) mass is 269 g/mol. The Kier molecular flexibility index (Phi) is 4.60. The number of benzene rings is 2. The molecule has 0 aliphatic heterocycles. The third kappa shape index (κ3) is 3.75. The number of hydrogen-bond donors (Lipinski definition) is 2. The van der Waals surface area contributed by atoms with Gasteiger partial charge in [-0.3, -0.25) is 0 Å². The van der Waals surface area contributed by atoms with E-state index >= 15 is 0 Å². The van der Waals surface area contributed by atoms with Crippen LogP contribution < -0.4 is 15.8 Å². The Morgan fingerprint density at radius 3 is 2.65 bits per heavy atom. The Bertz CT molecular complexity index is 594. The minimum Gasteiger partial charge on any atom is -0.496 e. The molecule has 0 saturated heterocycles. The van der Waals surface area contributed by atoms with E-state index in [9.17, 15) is 0 Å². The van der Waals surface area contributed by atoms with Crippen LogP contribution in [0.4, 0.5) is 5.69 Å². The molecule has 4 heteroatoms. The summed E-state index contributed by atoms with van der Waals surface area (Å²) >= 11 is 0. The first-order valence-corrected chi connectivity index (χ1v) is 6.44. The third-order valence-corrected chi connectivity index (χ3v) is 2.91. The number of nitrogens with one attached hydrogen (secondary N) is 1. The Morgan fingerprint density at radius 1 is 1.20 bits per heavy atom. The molecule has 0 bridgehead atoms. The summed E-state index contributed by atoms with van der Waals surface area (Å²) in [6.07, 6.45) is 0. The van der Waals surface area contributed by atoms with Gasteiger partial charge in [-0.15, -0.1) is 0 Å². The lowest BCUT2D eigenvalue weighted by molar-refractivity contribution is 0.409. The Hall–Kier alpha value is -2.49. The lowest BCUT2D eigenvalue weighted by atomic mass is 10.1. The van der Waals surface area contributed by atoms with E-state index in [0.29, 0.717) is 12.5 Å². The van der Waals surface area contributed by atoms with Gasteiger partial charge in [0.05, 0.1) is 13.7 Å². The fraction of sp³-hybridized carbons (Fsp3) is 0.188. The number of anilines is 1. The fourth-order valence-electron chi connectivity index (χ4n) is 1.86. The number of nitrogens with zero attached hydrogens (tertiary/aromatic N) is 1. The van der Waals surface area contributed by atoms with Crippen molar-refractivity contribution in [2.24, 2.45) is 10.7 Å². The number of aliphatic imine (C=N–C) groups is 1. The zero-order chi connectivity index (χ0) is 14.4. The normalized spacial score (nSPS) is 11.2. The van der Waals surface area contributed by atoms with Crippen molar-refractivity contribution in [2.75, 3.05) is 12.4 Å². The largest absolute Gasteiger partial charge is 0.496 e. The zero-order valence-electron chi connectivity index (χ0n) is 11.8. The second-order valence-corrected chi connectivity index (χ2v) is 4.51. The summed E-state index contributed by atoms with van der Waals surface area (Å²) in [5.41, 5.74) is 8.96. The highest BCUT2D eigenvalue weighted by molar-refractivity contribution is 5.92. The van der Waals surface area contributed by atoms with Gasteiger partial charge in [0.15, 0.2) is 5.96 Å². The molecule has 0 saturated carbocycles. The van der Waals surface area contributed by atoms with Crippen LogP contribution in [0, 0.1) is 6.92 Å². The Morgan fingerprint density at radius 2 is 1.95 bits per heavy atom. The maximum atomic E-state index is 5.87. The standard InChI is InChI=1S/C16H19N3O/c1-12-8-9-13(15(10-12)20-2)11-18-16(17)19-14-6-4-3-5-7-14/h3-10H,11H2,1-2H3,(H3,17,18,19). The quantitative estimate of drug-likeness (QED) is 0.662. The molecule has 0 aliphatic rings. The maximum Gasteiger partial charge on any atom is 0.193 e. The molecule has 0 fully saturated rings. The SMILES string of the molecule is COc1cc(C)ccc1CN=C(N)Nc1ccccc1. The number of nitrogens with two attached hydrogens (primary N) is 1. The van der Waals surface area contributed by atoms with Crippen molar-refractivity contribution in [1.29, 1.82) is 0 Å². The molecule has 0 radical (unpaired) electrons. The molecule has 0 atom stereocenters. The zero-order valence-corrected chi connectivity index (χ0v) is 11.8. The van der Waals surface area contributed by atoms with Gasteiger partial charge in [-0.2, -0.15) is 0 Å². The lowest BCUT2D eigenvalue weighted by Gasteiger charge is -2.09. The highest BCUT2D eigenvalue weighted by Gasteiger charge is 2.02. The van der Waals surface area contributed by atoms with Crippen molar-refractivity contribution < 1.29 is 4.74 Å². The number of guanidine groups is 1. The first-order valence-electron chi connectivity index (χ1n) is 6.44. The Balaban J connectivity index is 2.05. The van der Waals surface area contributed by atoms with Crippen LogP contribution in [0.5, 0.6) is 5.75 Å². The van der Waals surface area contributed by atoms with Gasteiger partial charge in [-0.05, 0) is 30.7 Å². The molecule has 3 N–H and O–H groups in total. The first kappa shape index (κ1) is 13.9. The summed E-state index contributed by atoms with van der Waals surface area (Å²) in [7, 11) is 1.66. The van der Waals surface area contributed by atoms with Crippen molar-refractivity contribution in [3.63, 3.8) is 0 Å².